The highest BCUT2D eigenvalue weighted by atomic mass is 19.1. The van der Waals surface area contributed by atoms with Gasteiger partial charge in [0.25, 0.3) is 0 Å². The van der Waals surface area contributed by atoms with Crippen LogP contribution in [0.4, 0.5) is 15.8 Å². The molecular weight excluding hydrogens is 329 g/mol. The van der Waals surface area contributed by atoms with Gasteiger partial charge in [0.2, 0.25) is 5.91 Å². The molecule has 1 aliphatic rings. The first-order valence-electron chi connectivity index (χ1n) is 9.12. The predicted octanol–water partition coefficient (Wildman–Crippen LogP) is 3.59. The largest absolute Gasteiger partial charge is 0.367 e. The summed E-state index contributed by atoms with van der Waals surface area (Å²) in [6.07, 6.45) is 0.465. The van der Waals surface area contributed by atoms with Crippen LogP contribution in [0.5, 0.6) is 0 Å². The predicted molar refractivity (Wildman–Crippen MR) is 104 cm³/mol. The Balaban J connectivity index is 1.45. The molecule has 0 saturated carbocycles. The minimum Gasteiger partial charge on any atom is -0.367 e. The number of carbonyl (C=O) groups excluding carboxylic acids is 1. The summed E-state index contributed by atoms with van der Waals surface area (Å²) in [5.74, 6) is -0.137. The molecule has 1 heterocycles. The number of nitrogens with one attached hydrogen (secondary N) is 1. The standard InChI is InChI=1S/C21H26FN3O/c1-16-7-8-19(17(2)15-16)23-21(26)9-10-24-11-13-25(14-12-24)20-6-4-3-5-18(20)22/h3-8,15H,9-14H2,1-2H3,(H,23,26). The Morgan fingerprint density at radius 1 is 1.08 bits per heavy atom. The highest BCUT2D eigenvalue weighted by Crippen LogP contribution is 2.20. The van der Waals surface area contributed by atoms with Crippen molar-refractivity contribution in [1.29, 1.82) is 0 Å². The maximum absolute atomic E-state index is 13.9. The number of amides is 1. The SMILES string of the molecule is Cc1ccc(NC(=O)CCN2CCN(c3ccccc3F)CC2)c(C)c1. The van der Waals surface area contributed by atoms with Crippen LogP contribution in [0, 0.1) is 19.7 Å². The van der Waals surface area contributed by atoms with Crippen LogP contribution >= 0.6 is 0 Å². The van der Waals surface area contributed by atoms with Crippen LogP contribution in [-0.2, 0) is 4.79 Å². The van der Waals surface area contributed by atoms with E-state index < -0.39 is 0 Å². The van der Waals surface area contributed by atoms with Crippen LogP contribution in [0.1, 0.15) is 17.5 Å². The van der Waals surface area contributed by atoms with Crippen molar-refractivity contribution in [3.8, 4) is 0 Å². The maximum atomic E-state index is 13.9. The molecule has 0 unspecified atom stereocenters. The van der Waals surface area contributed by atoms with Crippen molar-refractivity contribution in [2.75, 3.05) is 42.9 Å². The van der Waals surface area contributed by atoms with Gasteiger partial charge in [0.1, 0.15) is 5.82 Å². The van der Waals surface area contributed by atoms with Gasteiger partial charge in [0, 0.05) is 44.8 Å². The van der Waals surface area contributed by atoms with E-state index in [1.54, 1.807) is 6.07 Å². The molecule has 0 spiro atoms. The zero-order chi connectivity index (χ0) is 18.5. The van der Waals surface area contributed by atoms with Gasteiger partial charge in [-0.3, -0.25) is 9.69 Å². The Bertz CT molecular complexity index is 770. The van der Waals surface area contributed by atoms with Crippen LogP contribution in [-0.4, -0.2) is 43.5 Å². The molecule has 2 aromatic carbocycles. The molecule has 26 heavy (non-hydrogen) atoms. The second kappa shape index (κ2) is 8.32. The monoisotopic (exact) mass is 355 g/mol. The Morgan fingerprint density at radius 3 is 2.50 bits per heavy atom. The smallest absolute Gasteiger partial charge is 0.225 e. The van der Waals surface area contributed by atoms with Gasteiger partial charge >= 0.3 is 0 Å². The lowest BCUT2D eigenvalue weighted by molar-refractivity contribution is -0.116. The Labute approximate surface area is 154 Å². The number of anilines is 2. The summed E-state index contributed by atoms with van der Waals surface area (Å²) in [4.78, 5) is 16.6. The van der Waals surface area contributed by atoms with E-state index in [9.17, 15) is 9.18 Å². The van der Waals surface area contributed by atoms with E-state index in [1.165, 1.54) is 11.6 Å². The first-order chi connectivity index (χ1) is 12.5. The van der Waals surface area contributed by atoms with Gasteiger partial charge in [-0.15, -0.1) is 0 Å². The molecule has 1 amide bonds. The van der Waals surface area contributed by atoms with E-state index in [0.717, 1.165) is 44.0 Å². The van der Waals surface area contributed by atoms with Crippen molar-refractivity contribution < 1.29 is 9.18 Å². The third-order valence-corrected chi connectivity index (χ3v) is 4.88. The molecule has 0 bridgehead atoms. The summed E-state index contributed by atoms with van der Waals surface area (Å²) in [5.41, 5.74) is 3.81. The second-order valence-corrected chi connectivity index (χ2v) is 6.90. The summed E-state index contributed by atoms with van der Waals surface area (Å²) in [6, 6.07) is 12.9. The molecule has 4 nitrogen and oxygen atoms in total. The fourth-order valence-electron chi connectivity index (χ4n) is 3.35. The van der Waals surface area contributed by atoms with Gasteiger partial charge < -0.3 is 10.2 Å². The molecule has 0 aromatic heterocycles. The summed E-state index contributed by atoms with van der Waals surface area (Å²) in [7, 11) is 0. The van der Waals surface area contributed by atoms with E-state index in [4.69, 9.17) is 0 Å². The van der Waals surface area contributed by atoms with Crippen LogP contribution in [0.15, 0.2) is 42.5 Å². The highest BCUT2D eigenvalue weighted by molar-refractivity contribution is 5.91. The number of benzene rings is 2. The van der Waals surface area contributed by atoms with Gasteiger partial charge in [-0.25, -0.2) is 4.39 Å². The van der Waals surface area contributed by atoms with Crippen LogP contribution in [0.25, 0.3) is 0 Å². The third kappa shape index (κ3) is 4.61. The van der Waals surface area contributed by atoms with Crippen LogP contribution in [0.3, 0.4) is 0 Å². The zero-order valence-electron chi connectivity index (χ0n) is 15.5. The number of para-hydroxylation sites is 1. The van der Waals surface area contributed by atoms with E-state index in [2.05, 4.69) is 21.2 Å². The molecule has 0 atom stereocenters. The van der Waals surface area contributed by atoms with E-state index in [-0.39, 0.29) is 11.7 Å². The number of piperazine rings is 1. The van der Waals surface area contributed by atoms with Crippen LogP contribution in [0.2, 0.25) is 0 Å². The van der Waals surface area contributed by atoms with Crippen molar-refractivity contribution in [1.82, 2.24) is 4.90 Å². The summed E-state index contributed by atoms with van der Waals surface area (Å²) in [5, 5.41) is 2.99. The van der Waals surface area contributed by atoms with E-state index in [0.29, 0.717) is 12.1 Å². The zero-order valence-corrected chi connectivity index (χ0v) is 15.5. The lowest BCUT2D eigenvalue weighted by Crippen LogP contribution is -2.47. The molecule has 5 heteroatoms. The van der Waals surface area contributed by atoms with Gasteiger partial charge in [-0.2, -0.15) is 0 Å². The first kappa shape index (κ1) is 18.4. The topological polar surface area (TPSA) is 35.6 Å². The molecule has 1 aliphatic heterocycles. The average molecular weight is 355 g/mol. The number of rotatable bonds is 5. The Morgan fingerprint density at radius 2 is 1.81 bits per heavy atom. The Hall–Kier alpha value is -2.40. The van der Waals surface area contributed by atoms with Crippen molar-refractivity contribution in [3.63, 3.8) is 0 Å². The van der Waals surface area contributed by atoms with Crippen molar-refractivity contribution in [3.05, 3.63) is 59.4 Å². The second-order valence-electron chi connectivity index (χ2n) is 6.90. The molecule has 1 saturated heterocycles. The van der Waals surface area contributed by atoms with Gasteiger partial charge in [0.05, 0.1) is 5.69 Å². The van der Waals surface area contributed by atoms with E-state index in [1.807, 2.05) is 38.1 Å². The molecule has 1 N–H and O–H groups in total. The summed E-state index contributed by atoms with van der Waals surface area (Å²) < 4.78 is 13.9. The quantitative estimate of drug-likeness (QED) is 0.890. The molecular formula is C21H26FN3O. The number of carbonyl (C=O) groups is 1. The lowest BCUT2D eigenvalue weighted by atomic mass is 10.1. The third-order valence-electron chi connectivity index (χ3n) is 4.88. The molecule has 1 fully saturated rings. The number of nitrogens with zero attached hydrogens (tertiary/aromatic N) is 2. The van der Waals surface area contributed by atoms with E-state index >= 15 is 0 Å². The fourth-order valence-corrected chi connectivity index (χ4v) is 3.35. The van der Waals surface area contributed by atoms with Crippen molar-refractivity contribution >= 4 is 17.3 Å². The van der Waals surface area contributed by atoms with Gasteiger partial charge in [-0.05, 0) is 37.6 Å². The summed E-state index contributed by atoms with van der Waals surface area (Å²) >= 11 is 0. The summed E-state index contributed by atoms with van der Waals surface area (Å²) in [6.45, 7) is 8.00. The highest BCUT2D eigenvalue weighted by Gasteiger charge is 2.19. The minimum atomic E-state index is -0.172. The number of aryl methyl sites for hydroxylation is 2. The average Bonchev–Trinajstić information content (AvgIpc) is 2.63. The number of hydrogen-bond donors (Lipinski definition) is 1. The lowest BCUT2D eigenvalue weighted by Gasteiger charge is -2.36. The number of halogens is 1. The fraction of sp³-hybridized carbons (Fsp3) is 0.381. The molecule has 0 radical (unpaired) electrons. The first-order valence-corrected chi connectivity index (χ1v) is 9.12. The normalized spacial score (nSPS) is 15.1. The van der Waals surface area contributed by atoms with Gasteiger partial charge in [-0.1, -0.05) is 29.8 Å². The molecule has 2 aromatic rings. The van der Waals surface area contributed by atoms with Crippen molar-refractivity contribution in [2.45, 2.75) is 20.3 Å². The maximum Gasteiger partial charge on any atom is 0.225 e. The molecule has 3 rings (SSSR count). The number of hydrogen-bond acceptors (Lipinski definition) is 3. The van der Waals surface area contributed by atoms with Crippen molar-refractivity contribution in [2.24, 2.45) is 0 Å². The molecule has 138 valence electrons. The molecule has 0 aliphatic carbocycles. The van der Waals surface area contributed by atoms with Crippen LogP contribution < -0.4 is 10.2 Å². The minimum absolute atomic E-state index is 0.0356. The van der Waals surface area contributed by atoms with Gasteiger partial charge in [0.15, 0.2) is 0 Å². The Kier molecular flexibility index (Phi) is 5.89.